The van der Waals surface area contributed by atoms with Crippen LogP contribution in [0.1, 0.15) is 12.5 Å². The van der Waals surface area contributed by atoms with Gasteiger partial charge in [0.25, 0.3) is 0 Å². The summed E-state index contributed by atoms with van der Waals surface area (Å²) in [7, 11) is 1.62. The third-order valence-electron chi connectivity index (χ3n) is 2.44. The summed E-state index contributed by atoms with van der Waals surface area (Å²) in [6.45, 7) is 7.19. The first-order valence-corrected chi connectivity index (χ1v) is 6.23. The molecule has 0 unspecified atom stereocenters. The van der Waals surface area contributed by atoms with Crippen LogP contribution in [0.5, 0.6) is 5.75 Å². The fourth-order valence-corrected chi connectivity index (χ4v) is 1.50. The minimum Gasteiger partial charge on any atom is -0.497 e. The van der Waals surface area contributed by atoms with E-state index in [2.05, 4.69) is 11.9 Å². The number of nitrogens with one attached hydrogen (secondary N) is 1. The topological polar surface area (TPSA) is 47.6 Å². The van der Waals surface area contributed by atoms with Crippen molar-refractivity contribution in [3.05, 3.63) is 42.0 Å². The Labute approximate surface area is 114 Å². The first kappa shape index (κ1) is 15.2. The van der Waals surface area contributed by atoms with E-state index in [1.165, 1.54) is 0 Å². The molecule has 0 saturated carbocycles. The molecular weight excluding hydrogens is 242 g/mol. The molecule has 0 radical (unpaired) electrons. The largest absolute Gasteiger partial charge is 0.497 e. The van der Waals surface area contributed by atoms with E-state index in [0.29, 0.717) is 26.2 Å². The van der Waals surface area contributed by atoms with Crippen LogP contribution < -0.4 is 10.1 Å². The van der Waals surface area contributed by atoms with Gasteiger partial charge in [0, 0.05) is 6.54 Å². The van der Waals surface area contributed by atoms with E-state index in [1.54, 1.807) is 7.11 Å². The van der Waals surface area contributed by atoms with Crippen LogP contribution in [-0.4, -0.2) is 32.8 Å². The van der Waals surface area contributed by atoms with Gasteiger partial charge in [-0.1, -0.05) is 24.3 Å². The number of methoxy groups -OCH3 is 1. The Morgan fingerprint density at radius 2 is 2.00 bits per heavy atom. The second kappa shape index (κ2) is 8.32. The Hall–Kier alpha value is -1.81. The minimum absolute atomic E-state index is 0.0101. The van der Waals surface area contributed by atoms with Gasteiger partial charge in [0.15, 0.2) is 0 Å². The van der Waals surface area contributed by atoms with Gasteiger partial charge in [0.2, 0.25) is 5.91 Å². The van der Waals surface area contributed by atoms with E-state index in [0.717, 1.165) is 16.9 Å². The maximum atomic E-state index is 11.6. The van der Waals surface area contributed by atoms with Gasteiger partial charge >= 0.3 is 0 Å². The summed E-state index contributed by atoms with van der Waals surface area (Å²) in [5, 5.41) is 2.81. The number of ether oxygens (including phenoxy) is 2. The van der Waals surface area contributed by atoms with Crippen LogP contribution in [0.25, 0.3) is 0 Å². The molecule has 1 amide bonds. The number of rotatable bonds is 8. The first-order valence-electron chi connectivity index (χ1n) is 6.23. The van der Waals surface area contributed by atoms with Gasteiger partial charge in [-0.3, -0.25) is 4.79 Å². The predicted octanol–water partition coefficient (Wildman–Crippen LogP) is 1.95. The van der Waals surface area contributed by atoms with E-state index < -0.39 is 0 Å². The first-order chi connectivity index (χ1) is 9.11. The molecule has 0 bridgehead atoms. The summed E-state index contributed by atoms with van der Waals surface area (Å²) < 4.78 is 10.4. The quantitative estimate of drug-likeness (QED) is 0.576. The van der Waals surface area contributed by atoms with Crippen LogP contribution >= 0.6 is 0 Å². The zero-order chi connectivity index (χ0) is 14.1. The van der Waals surface area contributed by atoms with E-state index in [4.69, 9.17) is 9.47 Å². The highest BCUT2D eigenvalue weighted by molar-refractivity contribution is 5.78. The molecule has 0 aromatic heterocycles. The van der Waals surface area contributed by atoms with Crippen molar-refractivity contribution in [3.8, 4) is 5.75 Å². The molecule has 1 rings (SSSR count). The molecule has 0 fully saturated rings. The number of hydrogen-bond donors (Lipinski definition) is 1. The lowest BCUT2D eigenvalue weighted by molar-refractivity contribution is -0.120. The molecule has 0 aliphatic rings. The van der Waals surface area contributed by atoms with Crippen molar-refractivity contribution in [3.63, 3.8) is 0 Å². The van der Waals surface area contributed by atoms with Gasteiger partial charge in [-0.15, -0.1) is 0 Å². The second-order valence-electron chi connectivity index (χ2n) is 4.38. The Bertz CT molecular complexity index is 412. The molecule has 0 aliphatic carbocycles. The van der Waals surface area contributed by atoms with Gasteiger partial charge in [-0.05, 0) is 24.6 Å². The molecule has 0 heterocycles. The summed E-state index contributed by atoms with van der Waals surface area (Å²) in [5.74, 6) is 0.779. The molecule has 1 aromatic rings. The molecule has 1 aromatic carbocycles. The highest BCUT2D eigenvalue weighted by Gasteiger charge is 2.03. The average molecular weight is 263 g/mol. The smallest absolute Gasteiger partial charge is 0.224 e. The fraction of sp³-hybridized carbons (Fsp3) is 0.400. The standard InChI is InChI=1S/C15H21NO3/c1-12(2)11-19-9-8-16-15(17)10-13-4-6-14(18-3)7-5-13/h4-7H,1,8-11H2,2-3H3,(H,16,17). The van der Waals surface area contributed by atoms with Crippen molar-refractivity contribution < 1.29 is 14.3 Å². The molecule has 0 spiro atoms. The number of benzene rings is 1. The van der Waals surface area contributed by atoms with E-state index in [9.17, 15) is 4.79 Å². The molecular formula is C15H21NO3. The van der Waals surface area contributed by atoms with Crippen molar-refractivity contribution in [2.75, 3.05) is 26.9 Å². The number of carbonyl (C=O) groups excluding carboxylic acids is 1. The summed E-state index contributed by atoms with van der Waals surface area (Å²) >= 11 is 0. The van der Waals surface area contributed by atoms with Gasteiger partial charge in [-0.2, -0.15) is 0 Å². The number of hydrogen-bond acceptors (Lipinski definition) is 3. The molecule has 104 valence electrons. The Kier molecular flexibility index (Phi) is 6.68. The van der Waals surface area contributed by atoms with Gasteiger partial charge in [0.1, 0.15) is 5.75 Å². The van der Waals surface area contributed by atoms with Crippen molar-refractivity contribution in [2.24, 2.45) is 0 Å². The van der Waals surface area contributed by atoms with Crippen molar-refractivity contribution in [1.29, 1.82) is 0 Å². The van der Waals surface area contributed by atoms with Crippen LogP contribution in [-0.2, 0) is 16.0 Å². The van der Waals surface area contributed by atoms with E-state index in [1.807, 2.05) is 31.2 Å². The molecule has 4 heteroatoms. The lowest BCUT2D eigenvalue weighted by Gasteiger charge is -2.07. The normalized spacial score (nSPS) is 10.0. The van der Waals surface area contributed by atoms with Gasteiger partial charge in [0.05, 0.1) is 26.7 Å². The number of carbonyl (C=O) groups is 1. The Morgan fingerprint density at radius 3 is 2.58 bits per heavy atom. The monoisotopic (exact) mass is 263 g/mol. The molecule has 0 saturated heterocycles. The summed E-state index contributed by atoms with van der Waals surface area (Å²) in [6.07, 6.45) is 0.366. The van der Waals surface area contributed by atoms with Crippen LogP contribution in [0.3, 0.4) is 0 Å². The molecule has 19 heavy (non-hydrogen) atoms. The lowest BCUT2D eigenvalue weighted by Crippen LogP contribution is -2.28. The summed E-state index contributed by atoms with van der Waals surface area (Å²) in [6, 6.07) is 7.46. The Balaban J connectivity index is 2.21. The highest BCUT2D eigenvalue weighted by Crippen LogP contribution is 2.11. The lowest BCUT2D eigenvalue weighted by atomic mass is 10.1. The fourth-order valence-electron chi connectivity index (χ4n) is 1.50. The van der Waals surface area contributed by atoms with Crippen molar-refractivity contribution >= 4 is 5.91 Å². The van der Waals surface area contributed by atoms with Gasteiger partial charge in [-0.25, -0.2) is 0 Å². The third-order valence-corrected chi connectivity index (χ3v) is 2.44. The second-order valence-corrected chi connectivity index (χ2v) is 4.38. The molecule has 0 aliphatic heterocycles. The highest BCUT2D eigenvalue weighted by atomic mass is 16.5. The van der Waals surface area contributed by atoms with Crippen LogP contribution in [0.4, 0.5) is 0 Å². The van der Waals surface area contributed by atoms with Crippen molar-refractivity contribution in [2.45, 2.75) is 13.3 Å². The zero-order valence-electron chi connectivity index (χ0n) is 11.6. The predicted molar refractivity (Wildman–Crippen MR) is 75.3 cm³/mol. The number of amides is 1. The van der Waals surface area contributed by atoms with Crippen LogP contribution in [0.2, 0.25) is 0 Å². The zero-order valence-corrected chi connectivity index (χ0v) is 11.6. The molecule has 1 N–H and O–H groups in total. The molecule has 0 atom stereocenters. The Morgan fingerprint density at radius 1 is 1.32 bits per heavy atom. The van der Waals surface area contributed by atoms with E-state index in [-0.39, 0.29) is 5.91 Å². The molecule has 4 nitrogen and oxygen atoms in total. The van der Waals surface area contributed by atoms with Crippen LogP contribution in [0, 0.1) is 0 Å². The van der Waals surface area contributed by atoms with Crippen molar-refractivity contribution in [1.82, 2.24) is 5.32 Å². The maximum Gasteiger partial charge on any atom is 0.224 e. The van der Waals surface area contributed by atoms with Crippen LogP contribution in [0.15, 0.2) is 36.4 Å². The van der Waals surface area contributed by atoms with Gasteiger partial charge < -0.3 is 14.8 Å². The summed E-state index contributed by atoms with van der Waals surface area (Å²) in [5.41, 5.74) is 1.94. The SMILES string of the molecule is C=C(C)COCCNC(=O)Cc1ccc(OC)cc1. The van der Waals surface area contributed by atoms with E-state index >= 15 is 0 Å². The maximum absolute atomic E-state index is 11.6. The minimum atomic E-state index is -0.0101. The average Bonchev–Trinajstić information content (AvgIpc) is 2.39. The summed E-state index contributed by atoms with van der Waals surface area (Å²) in [4.78, 5) is 11.6. The third kappa shape index (κ3) is 6.62.